The molecule has 1 aromatic rings. The van der Waals surface area contributed by atoms with Gasteiger partial charge in [-0.05, 0) is 24.8 Å². The van der Waals surface area contributed by atoms with Crippen molar-refractivity contribution in [3.8, 4) is 0 Å². The van der Waals surface area contributed by atoms with Crippen LogP contribution in [0.4, 0.5) is 0 Å². The lowest BCUT2D eigenvalue weighted by atomic mass is 10.0. The molecule has 1 aromatic carbocycles. The van der Waals surface area contributed by atoms with E-state index in [0.29, 0.717) is 6.54 Å². The second-order valence-electron chi connectivity index (χ2n) is 4.68. The van der Waals surface area contributed by atoms with Gasteiger partial charge in [-0.3, -0.25) is 0 Å². The normalized spacial score (nSPS) is 18.8. The largest absolute Gasteiger partial charge is 0.373 e. The Kier molecular flexibility index (Phi) is 3.97. The van der Waals surface area contributed by atoms with E-state index in [1.807, 2.05) is 6.07 Å². The van der Waals surface area contributed by atoms with Gasteiger partial charge in [-0.2, -0.15) is 0 Å². The highest BCUT2D eigenvalue weighted by molar-refractivity contribution is 5.14. The number of ether oxygens (including phenoxy) is 1. The van der Waals surface area contributed by atoms with Crippen LogP contribution in [0, 0.1) is 0 Å². The Balaban J connectivity index is 1.79. The van der Waals surface area contributed by atoms with Crippen LogP contribution in [0.3, 0.4) is 0 Å². The summed E-state index contributed by atoms with van der Waals surface area (Å²) in [6.45, 7) is 1.46. The second-order valence-corrected chi connectivity index (χ2v) is 4.68. The standard InChI is InChI=1S/C14H21NO/c15-12-14(9-4-5-10-14)16-11-8-13-6-2-1-3-7-13/h1-3,6-7H,4-5,8-12,15H2. The number of hydrogen-bond acceptors (Lipinski definition) is 2. The van der Waals surface area contributed by atoms with Crippen LogP contribution in [0.1, 0.15) is 31.2 Å². The quantitative estimate of drug-likeness (QED) is 0.826. The Labute approximate surface area is 97.8 Å². The van der Waals surface area contributed by atoms with E-state index in [4.69, 9.17) is 10.5 Å². The molecule has 2 N–H and O–H groups in total. The zero-order valence-electron chi connectivity index (χ0n) is 9.82. The van der Waals surface area contributed by atoms with E-state index >= 15 is 0 Å². The molecule has 1 aliphatic carbocycles. The molecule has 0 aliphatic heterocycles. The van der Waals surface area contributed by atoms with Gasteiger partial charge in [0.25, 0.3) is 0 Å². The van der Waals surface area contributed by atoms with E-state index in [9.17, 15) is 0 Å². The summed E-state index contributed by atoms with van der Waals surface area (Å²) in [6, 6.07) is 10.5. The van der Waals surface area contributed by atoms with Crippen LogP contribution in [-0.4, -0.2) is 18.8 Å². The molecule has 88 valence electrons. The van der Waals surface area contributed by atoms with Gasteiger partial charge in [-0.1, -0.05) is 43.2 Å². The summed E-state index contributed by atoms with van der Waals surface area (Å²) in [5.74, 6) is 0. The van der Waals surface area contributed by atoms with Gasteiger partial charge in [0.1, 0.15) is 0 Å². The molecule has 1 aliphatic rings. The third-order valence-corrected chi connectivity index (χ3v) is 3.53. The van der Waals surface area contributed by atoms with Gasteiger partial charge in [0.2, 0.25) is 0 Å². The predicted molar refractivity (Wildman–Crippen MR) is 66.4 cm³/mol. The Bertz CT molecular complexity index is 304. The van der Waals surface area contributed by atoms with Crippen LogP contribution in [0.15, 0.2) is 30.3 Å². The summed E-state index contributed by atoms with van der Waals surface area (Å²) in [5.41, 5.74) is 7.16. The lowest BCUT2D eigenvalue weighted by Crippen LogP contribution is -2.38. The van der Waals surface area contributed by atoms with Gasteiger partial charge >= 0.3 is 0 Å². The van der Waals surface area contributed by atoms with Crippen molar-refractivity contribution < 1.29 is 4.74 Å². The molecule has 0 unspecified atom stereocenters. The molecule has 1 fully saturated rings. The summed E-state index contributed by atoms with van der Waals surface area (Å²) in [5, 5.41) is 0. The Morgan fingerprint density at radius 3 is 2.44 bits per heavy atom. The summed E-state index contributed by atoms with van der Waals surface area (Å²) < 4.78 is 6.02. The first-order valence-electron chi connectivity index (χ1n) is 6.23. The summed E-state index contributed by atoms with van der Waals surface area (Å²) in [6.07, 6.45) is 5.80. The molecule has 2 nitrogen and oxygen atoms in total. The maximum absolute atomic E-state index is 6.02. The lowest BCUT2D eigenvalue weighted by Gasteiger charge is -2.27. The molecule has 1 saturated carbocycles. The van der Waals surface area contributed by atoms with E-state index in [-0.39, 0.29) is 5.60 Å². The van der Waals surface area contributed by atoms with E-state index in [0.717, 1.165) is 25.9 Å². The minimum absolute atomic E-state index is 0.00518. The van der Waals surface area contributed by atoms with E-state index in [1.165, 1.54) is 18.4 Å². The molecular weight excluding hydrogens is 198 g/mol. The van der Waals surface area contributed by atoms with Crippen molar-refractivity contribution in [1.29, 1.82) is 0 Å². The maximum Gasteiger partial charge on any atom is 0.0804 e. The molecule has 2 rings (SSSR count). The molecular formula is C14H21NO. The fourth-order valence-electron chi connectivity index (χ4n) is 2.46. The van der Waals surface area contributed by atoms with Crippen molar-refractivity contribution >= 4 is 0 Å². The maximum atomic E-state index is 6.02. The lowest BCUT2D eigenvalue weighted by molar-refractivity contribution is -0.0319. The first-order chi connectivity index (χ1) is 7.85. The first kappa shape index (κ1) is 11.6. The third-order valence-electron chi connectivity index (χ3n) is 3.53. The minimum atomic E-state index is -0.00518. The zero-order chi connectivity index (χ0) is 11.3. The van der Waals surface area contributed by atoms with Crippen LogP contribution in [0.2, 0.25) is 0 Å². The first-order valence-corrected chi connectivity index (χ1v) is 6.23. The highest BCUT2D eigenvalue weighted by atomic mass is 16.5. The van der Waals surface area contributed by atoms with Gasteiger partial charge in [-0.25, -0.2) is 0 Å². The van der Waals surface area contributed by atoms with Gasteiger partial charge in [0.15, 0.2) is 0 Å². The smallest absolute Gasteiger partial charge is 0.0804 e. The van der Waals surface area contributed by atoms with Crippen LogP contribution in [0.25, 0.3) is 0 Å². The number of nitrogens with two attached hydrogens (primary N) is 1. The molecule has 0 radical (unpaired) electrons. The third kappa shape index (κ3) is 2.83. The monoisotopic (exact) mass is 219 g/mol. The van der Waals surface area contributed by atoms with Crippen LogP contribution >= 0.6 is 0 Å². The summed E-state index contributed by atoms with van der Waals surface area (Å²) in [4.78, 5) is 0. The van der Waals surface area contributed by atoms with Crippen molar-refractivity contribution in [1.82, 2.24) is 0 Å². The van der Waals surface area contributed by atoms with Crippen LogP contribution < -0.4 is 5.73 Å². The predicted octanol–water partition coefficient (Wildman–Crippen LogP) is 2.52. The zero-order valence-corrected chi connectivity index (χ0v) is 9.82. The summed E-state index contributed by atoms with van der Waals surface area (Å²) >= 11 is 0. The van der Waals surface area contributed by atoms with Gasteiger partial charge in [0, 0.05) is 6.54 Å². The summed E-state index contributed by atoms with van der Waals surface area (Å²) in [7, 11) is 0. The second kappa shape index (κ2) is 5.46. The fraction of sp³-hybridized carbons (Fsp3) is 0.571. The van der Waals surface area contributed by atoms with Gasteiger partial charge in [-0.15, -0.1) is 0 Å². The Morgan fingerprint density at radius 2 is 1.81 bits per heavy atom. The van der Waals surface area contributed by atoms with Crippen molar-refractivity contribution in [3.63, 3.8) is 0 Å². The van der Waals surface area contributed by atoms with Crippen LogP contribution in [-0.2, 0) is 11.2 Å². The number of benzene rings is 1. The van der Waals surface area contributed by atoms with E-state index in [1.54, 1.807) is 0 Å². The molecule has 0 aromatic heterocycles. The SMILES string of the molecule is NCC1(OCCc2ccccc2)CCCC1. The topological polar surface area (TPSA) is 35.2 Å². The minimum Gasteiger partial charge on any atom is -0.373 e. The van der Waals surface area contributed by atoms with E-state index < -0.39 is 0 Å². The average Bonchev–Trinajstić information content (AvgIpc) is 2.80. The van der Waals surface area contributed by atoms with Gasteiger partial charge in [0.05, 0.1) is 12.2 Å². The average molecular weight is 219 g/mol. The molecule has 0 amide bonds. The van der Waals surface area contributed by atoms with Gasteiger partial charge < -0.3 is 10.5 Å². The van der Waals surface area contributed by atoms with Crippen molar-refractivity contribution in [2.24, 2.45) is 5.73 Å². The highest BCUT2D eigenvalue weighted by Crippen LogP contribution is 2.32. The van der Waals surface area contributed by atoms with Crippen molar-refractivity contribution in [3.05, 3.63) is 35.9 Å². The number of rotatable bonds is 5. The molecule has 2 heteroatoms. The Morgan fingerprint density at radius 1 is 1.12 bits per heavy atom. The molecule has 0 atom stereocenters. The van der Waals surface area contributed by atoms with E-state index in [2.05, 4.69) is 24.3 Å². The molecule has 0 saturated heterocycles. The Hall–Kier alpha value is -0.860. The van der Waals surface area contributed by atoms with Crippen LogP contribution in [0.5, 0.6) is 0 Å². The van der Waals surface area contributed by atoms with Crippen molar-refractivity contribution in [2.75, 3.05) is 13.2 Å². The molecule has 0 spiro atoms. The molecule has 0 bridgehead atoms. The molecule has 16 heavy (non-hydrogen) atoms. The molecule has 0 heterocycles. The van der Waals surface area contributed by atoms with Crippen molar-refractivity contribution in [2.45, 2.75) is 37.7 Å². The fourth-order valence-corrected chi connectivity index (χ4v) is 2.46. The number of hydrogen-bond donors (Lipinski definition) is 1. The highest BCUT2D eigenvalue weighted by Gasteiger charge is 2.32.